The van der Waals surface area contributed by atoms with Gasteiger partial charge in [0.05, 0.1) is 6.54 Å². The fourth-order valence-corrected chi connectivity index (χ4v) is 1.94. The second-order valence-corrected chi connectivity index (χ2v) is 4.08. The van der Waals surface area contributed by atoms with E-state index in [0.29, 0.717) is 31.1 Å². The highest BCUT2D eigenvalue weighted by atomic mass is 16.5. The number of aliphatic carboxylic acids is 1. The van der Waals surface area contributed by atoms with E-state index in [1.165, 1.54) is 4.90 Å². The van der Waals surface area contributed by atoms with Crippen LogP contribution >= 0.6 is 0 Å². The van der Waals surface area contributed by atoms with Gasteiger partial charge in [0, 0.05) is 13.5 Å². The molecule has 1 aliphatic rings. The molecule has 18 heavy (non-hydrogen) atoms. The summed E-state index contributed by atoms with van der Waals surface area (Å²) in [5, 5.41) is 15.2. The third-order valence-electron chi connectivity index (χ3n) is 2.77. The first-order valence-corrected chi connectivity index (χ1v) is 5.64. The zero-order valence-electron chi connectivity index (χ0n) is 9.92. The average molecular weight is 254 g/mol. The third-order valence-corrected chi connectivity index (χ3v) is 2.77. The molecule has 1 aliphatic heterocycles. The van der Waals surface area contributed by atoms with Crippen LogP contribution < -0.4 is 5.32 Å². The number of likely N-dealkylation sites (tertiary alicyclic amines) is 1. The minimum absolute atomic E-state index is 0.124. The van der Waals surface area contributed by atoms with Gasteiger partial charge in [0.2, 0.25) is 5.89 Å². The van der Waals surface area contributed by atoms with Gasteiger partial charge in [-0.05, 0) is 12.8 Å². The van der Waals surface area contributed by atoms with Gasteiger partial charge in [-0.25, -0.2) is 9.59 Å². The number of hydrogen-bond donors (Lipinski definition) is 2. The number of aryl methyl sites for hydroxylation is 1. The van der Waals surface area contributed by atoms with E-state index in [-0.39, 0.29) is 6.54 Å². The lowest BCUT2D eigenvalue weighted by atomic mass is 10.2. The molecule has 2 N–H and O–H groups in total. The van der Waals surface area contributed by atoms with E-state index < -0.39 is 18.0 Å². The number of urea groups is 1. The summed E-state index contributed by atoms with van der Waals surface area (Å²) < 4.78 is 4.76. The first-order chi connectivity index (χ1) is 8.58. The molecule has 0 saturated carbocycles. The highest BCUT2D eigenvalue weighted by molar-refractivity contribution is 5.83. The van der Waals surface area contributed by atoms with E-state index in [1.807, 2.05) is 0 Å². The lowest BCUT2D eigenvalue weighted by molar-refractivity contribution is -0.141. The standard InChI is InChI=1S/C10H14N4O4/c1-6-12-8(13-18-6)5-11-10(17)14-4-2-3-7(14)9(15)16/h7H,2-5H2,1H3,(H,11,17)(H,15,16)/t7-/m1/s1. The molecule has 98 valence electrons. The predicted octanol–water partition coefficient (Wildman–Crippen LogP) is 0.137. The van der Waals surface area contributed by atoms with E-state index in [1.54, 1.807) is 6.92 Å². The minimum Gasteiger partial charge on any atom is -0.480 e. The van der Waals surface area contributed by atoms with Crippen LogP contribution in [0.2, 0.25) is 0 Å². The number of carboxylic acids is 1. The van der Waals surface area contributed by atoms with E-state index in [0.717, 1.165) is 0 Å². The summed E-state index contributed by atoms with van der Waals surface area (Å²) >= 11 is 0. The Hall–Kier alpha value is -2.12. The topological polar surface area (TPSA) is 109 Å². The number of rotatable bonds is 3. The quantitative estimate of drug-likeness (QED) is 0.794. The molecule has 1 saturated heterocycles. The smallest absolute Gasteiger partial charge is 0.326 e. The molecule has 1 aromatic rings. The van der Waals surface area contributed by atoms with Crippen LogP contribution in [0.1, 0.15) is 24.6 Å². The number of carbonyl (C=O) groups is 2. The normalized spacial score (nSPS) is 18.9. The Kier molecular flexibility index (Phi) is 3.45. The molecular weight excluding hydrogens is 240 g/mol. The number of amides is 2. The van der Waals surface area contributed by atoms with Gasteiger partial charge in [0.15, 0.2) is 5.82 Å². The van der Waals surface area contributed by atoms with E-state index in [2.05, 4.69) is 15.5 Å². The van der Waals surface area contributed by atoms with Crippen molar-refractivity contribution in [2.75, 3.05) is 6.54 Å². The maximum Gasteiger partial charge on any atom is 0.326 e. The Labute approximate surface area is 103 Å². The maximum atomic E-state index is 11.8. The van der Waals surface area contributed by atoms with Crippen LogP contribution in [-0.2, 0) is 11.3 Å². The molecule has 0 aromatic carbocycles. The van der Waals surface area contributed by atoms with Gasteiger partial charge in [-0.1, -0.05) is 5.16 Å². The fraction of sp³-hybridized carbons (Fsp3) is 0.600. The molecule has 0 spiro atoms. The van der Waals surface area contributed by atoms with Gasteiger partial charge in [-0.15, -0.1) is 0 Å². The highest BCUT2D eigenvalue weighted by Gasteiger charge is 2.33. The van der Waals surface area contributed by atoms with Crippen molar-refractivity contribution >= 4 is 12.0 Å². The van der Waals surface area contributed by atoms with Crippen molar-refractivity contribution in [3.63, 3.8) is 0 Å². The molecule has 2 heterocycles. The molecule has 0 bridgehead atoms. The van der Waals surface area contributed by atoms with Crippen LogP contribution in [0.5, 0.6) is 0 Å². The van der Waals surface area contributed by atoms with Gasteiger partial charge >= 0.3 is 12.0 Å². The summed E-state index contributed by atoms with van der Waals surface area (Å²) in [6.07, 6.45) is 1.19. The van der Waals surface area contributed by atoms with E-state index in [9.17, 15) is 9.59 Å². The highest BCUT2D eigenvalue weighted by Crippen LogP contribution is 2.17. The van der Waals surface area contributed by atoms with Gasteiger partial charge in [-0.3, -0.25) is 0 Å². The molecule has 1 atom stereocenters. The van der Waals surface area contributed by atoms with Crippen molar-refractivity contribution in [3.05, 3.63) is 11.7 Å². The van der Waals surface area contributed by atoms with Gasteiger partial charge in [-0.2, -0.15) is 4.98 Å². The molecule has 0 aliphatic carbocycles. The van der Waals surface area contributed by atoms with Crippen LogP contribution in [0, 0.1) is 6.92 Å². The minimum atomic E-state index is -0.974. The molecule has 0 radical (unpaired) electrons. The van der Waals surface area contributed by atoms with Crippen molar-refractivity contribution < 1.29 is 19.2 Å². The van der Waals surface area contributed by atoms with Crippen molar-refractivity contribution in [1.82, 2.24) is 20.4 Å². The van der Waals surface area contributed by atoms with Crippen molar-refractivity contribution in [3.8, 4) is 0 Å². The van der Waals surface area contributed by atoms with E-state index in [4.69, 9.17) is 9.63 Å². The summed E-state index contributed by atoms with van der Waals surface area (Å²) in [5.74, 6) is -0.186. The lowest BCUT2D eigenvalue weighted by Gasteiger charge is -2.21. The van der Waals surface area contributed by atoms with Crippen LogP contribution in [0.4, 0.5) is 4.79 Å². The SMILES string of the molecule is Cc1nc(CNC(=O)N2CCC[C@@H]2C(=O)O)no1. The van der Waals surface area contributed by atoms with Crippen LogP contribution in [0.25, 0.3) is 0 Å². The van der Waals surface area contributed by atoms with Crippen LogP contribution in [0.15, 0.2) is 4.52 Å². The van der Waals surface area contributed by atoms with Crippen LogP contribution in [0.3, 0.4) is 0 Å². The Bertz CT molecular complexity index is 458. The number of hydrogen-bond acceptors (Lipinski definition) is 5. The molecule has 0 unspecified atom stereocenters. The van der Waals surface area contributed by atoms with Crippen molar-refractivity contribution in [1.29, 1.82) is 0 Å². The molecular formula is C10H14N4O4. The summed E-state index contributed by atoms with van der Waals surface area (Å²) in [6, 6.07) is -1.15. The Morgan fingerprint density at radius 1 is 1.61 bits per heavy atom. The molecule has 2 rings (SSSR count). The van der Waals surface area contributed by atoms with Crippen molar-refractivity contribution in [2.45, 2.75) is 32.4 Å². The largest absolute Gasteiger partial charge is 0.480 e. The van der Waals surface area contributed by atoms with E-state index >= 15 is 0 Å². The summed E-state index contributed by atoms with van der Waals surface area (Å²) in [7, 11) is 0. The molecule has 1 aromatic heterocycles. The fourth-order valence-electron chi connectivity index (χ4n) is 1.94. The summed E-state index contributed by atoms with van der Waals surface area (Å²) in [5.41, 5.74) is 0. The Balaban J connectivity index is 1.89. The summed E-state index contributed by atoms with van der Waals surface area (Å²) in [4.78, 5) is 28.0. The first kappa shape index (κ1) is 12.3. The molecule has 8 heteroatoms. The second-order valence-electron chi connectivity index (χ2n) is 4.08. The average Bonchev–Trinajstić information content (AvgIpc) is 2.94. The van der Waals surface area contributed by atoms with Gasteiger partial charge in [0.1, 0.15) is 6.04 Å². The lowest BCUT2D eigenvalue weighted by Crippen LogP contribution is -2.45. The molecule has 8 nitrogen and oxygen atoms in total. The Morgan fingerprint density at radius 3 is 3.00 bits per heavy atom. The number of nitrogens with one attached hydrogen (secondary N) is 1. The summed E-state index contributed by atoms with van der Waals surface area (Å²) in [6.45, 7) is 2.23. The number of carboxylic acid groups (broad SMARTS) is 1. The number of aromatic nitrogens is 2. The first-order valence-electron chi connectivity index (χ1n) is 5.64. The zero-order valence-corrected chi connectivity index (χ0v) is 9.92. The third kappa shape index (κ3) is 2.58. The monoisotopic (exact) mass is 254 g/mol. The zero-order chi connectivity index (χ0) is 13.1. The van der Waals surface area contributed by atoms with Crippen molar-refractivity contribution in [2.24, 2.45) is 0 Å². The maximum absolute atomic E-state index is 11.8. The van der Waals surface area contributed by atoms with Gasteiger partial charge in [0.25, 0.3) is 0 Å². The number of nitrogens with zero attached hydrogens (tertiary/aromatic N) is 3. The second kappa shape index (κ2) is 5.03. The predicted molar refractivity (Wildman–Crippen MR) is 58.6 cm³/mol. The number of carbonyl (C=O) groups excluding carboxylic acids is 1. The Morgan fingerprint density at radius 2 is 2.39 bits per heavy atom. The van der Waals surface area contributed by atoms with Gasteiger partial charge < -0.3 is 19.8 Å². The van der Waals surface area contributed by atoms with Crippen LogP contribution in [-0.4, -0.2) is 44.7 Å². The molecule has 2 amide bonds. The molecule has 1 fully saturated rings.